The van der Waals surface area contributed by atoms with Crippen molar-refractivity contribution >= 4 is 0 Å². The Labute approximate surface area is 131 Å². The number of rotatable bonds is 8. The van der Waals surface area contributed by atoms with Gasteiger partial charge in [0.05, 0.1) is 20.3 Å². The maximum absolute atomic E-state index is 9.51. The van der Waals surface area contributed by atoms with Crippen LogP contribution in [0.5, 0.6) is 11.5 Å². The molecule has 118 valence electrons. The monoisotopic (exact) mass is 302 g/mol. The van der Waals surface area contributed by atoms with Gasteiger partial charge in [-0.15, -0.1) is 0 Å². The summed E-state index contributed by atoms with van der Waals surface area (Å²) in [4.78, 5) is 0. The number of para-hydroxylation sites is 1. The zero-order valence-electron chi connectivity index (χ0n) is 12.9. The van der Waals surface area contributed by atoms with E-state index in [-0.39, 0.29) is 18.8 Å². The van der Waals surface area contributed by atoms with E-state index >= 15 is 0 Å². The number of benzene rings is 2. The Hall–Kier alpha value is -2.04. The van der Waals surface area contributed by atoms with Crippen LogP contribution in [-0.4, -0.2) is 31.0 Å². The Morgan fingerprint density at radius 1 is 0.955 bits per heavy atom. The third kappa shape index (κ3) is 4.76. The van der Waals surface area contributed by atoms with Crippen LogP contribution in [-0.2, 0) is 11.3 Å². The summed E-state index contributed by atoms with van der Waals surface area (Å²) in [5.74, 6) is 1.57. The number of methoxy groups -OCH3 is 1. The van der Waals surface area contributed by atoms with Crippen molar-refractivity contribution in [3.63, 3.8) is 0 Å². The average Bonchev–Trinajstić information content (AvgIpc) is 2.57. The maximum Gasteiger partial charge on any atom is 0.124 e. The zero-order chi connectivity index (χ0) is 15.8. The summed E-state index contributed by atoms with van der Waals surface area (Å²) in [5, 5.41) is 9.51. The van der Waals surface area contributed by atoms with E-state index in [0.29, 0.717) is 6.61 Å². The van der Waals surface area contributed by atoms with Crippen LogP contribution in [0.25, 0.3) is 0 Å². The first-order chi connectivity index (χ1) is 10.7. The van der Waals surface area contributed by atoms with Gasteiger partial charge in [0, 0.05) is 0 Å². The number of hydrogen-bond donors (Lipinski definition) is 1. The molecule has 1 N–H and O–H groups in total. The predicted molar refractivity (Wildman–Crippen MR) is 85.2 cm³/mol. The molecule has 0 radical (unpaired) electrons. The first kappa shape index (κ1) is 16.3. The van der Waals surface area contributed by atoms with E-state index in [1.165, 1.54) is 0 Å². The van der Waals surface area contributed by atoms with Crippen molar-refractivity contribution < 1.29 is 19.3 Å². The molecule has 2 atom stereocenters. The number of aliphatic hydroxyl groups excluding tert-OH is 1. The van der Waals surface area contributed by atoms with Crippen LogP contribution in [0, 0.1) is 0 Å². The molecule has 2 aromatic rings. The van der Waals surface area contributed by atoms with E-state index < -0.39 is 0 Å². The molecule has 4 heteroatoms. The van der Waals surface area contributed by atoms with Gasteiger partial charge in [-0.25, -0.2) is 0 Å². The van der Waals surface area contributed by atoms with Gasteiger partial charge in [-0.3, -0.25) is 0 Å². The molecule has 2 aromatic carbocycles. The van der Waals surface area contributed by atoms with Gasteiger partial charge in [0.15, 0.2) is 0 Å². The van der Waals surface area contributed by atoms with Gasteiger partial charge in [0.25, 0.3) is 0 Å². The van der Waals surface area contributed by atoms with E-state index in [9.17, 15) is 5.11 Å². The SMILES string of the molecule is COc1ccc(CO[C@H](CO)[C@H](C)Oc2ccccc2)cc1. The minimum Gasteiger partial charge on any atom is -0.497 e. The Bertz CT molecular complexity index is 539. The van der Waals surface area contributed by atoms with Gasteiger partial charge in [0.2, 0.25) is 0 Å². The quantitative estimate of drug-likeness (QED) is 0.814. The standard InChI is InChI=1S/C18H22O4/c1-14(22-17-6-4-3-5-7-17)18(12-19)21-13-15-8-10-16(20-2)11-9-15/h3-11,14,18-19H,12-13H2,1-2H3/t14-,18+/m0/s1. The molecule has 0 spiro atoms. The van der Waals surface area contributed by atoms with Gasteiger partial charge in [-0.05, 0) is 36.8 Å². The highest BCUT2D eigenvalue weighted by Gasteiger charge is 2.19. The average molecular weight is 302 g/mol. The topological polar surface area (TPSA) is 47.9 Å². The fourth-order valence-electron chi connectivity index (χ4n) is 2.05. The third-order valence-electron chi connectivity index (χ3n) is 3.39. The van der Waals surface area contributed by atoms with Gasteiger partial charge >= 0.3 is 0 Å². The molecule has 0 aliphatic rings. The lowest BCUT2D eigenvalue weighted by molar-refractivity contribution is -0.0551. The summed E-state index contributed by atoms with van der Waals surface area (Å²) in [6.45, 7) is 2.21. The number of aliphatic hydroxyl groups is 1. The summed E-state index contributed by atoms with van der Waals surface area (Å²) in [5.41, 5.74) is 1.02. The highest BCUT2D eigenvalue weighted by atomic mass is 16.5. The van der Waals surface area contributed by atoms with Crippen molar-refractivity contribution in [2.24, 2.45) is 0 Å². The van der Waals surface area contributed by atoms with Crippen molar-refractivity contribution in [2.45, 2.75) is 25.7 Å². The van der Waals surface area contributed by atoms with Gasteiger partial charge in [0.1, 0.15) is 23.7 Å². The number of ether oxygens (including phenoxy) is 3. The van der Waals surface area contributed by atoms with Gasteiger partial charge < -0.3 is 19.3 Å². The number of hydrogen-bond acceptors (Lipinski definition) is 4. The maximum atomic E-state index is 9.51. The van der Waals surface area contributed by atoms with E-state index in [4.69, 9.17) is 14.2 Å². The molecule has 2 rings (SSSR count). The first-order valence-corrected chi connectivity index (χ1v) is 7.30. The second-order valence-electron chi connectivity index (χ2n) is 5.02. The summed E-state index contributed by atoms with van der Waals surface area (Å²) in [6.07, 6.45) is -0.632. The molecule has 0 saturated carbocycles. The Morgan fingerprint density at radius 2 is 1.64 bits per heavy atom. The summed E-state index contributed by atoms with van der Waals surface area (Å²) in [6, 6.07) is 17.2. The molecule has 0 saturated heterocycles. The van der Waals surface area contributed by atoms with E-state index in [1.54, 1.807) is 7.11 Å². The fourth-order valence-corrected chi connectivity index (χ4v) is 2.05. The van der Waals surface area contributed by atoms with Crippen molar-refractivity contribution in [2.75, 3.05) is 13.7 Å². The lowest BCUT2D eigenvalue weighted by atomic mass is 10.2. The lowest BCUT2D eigenvalue weighted by Crippen LogP contribution is -2.34. The van der Waals surface area contributed by atoms with Crippen LogP contribution < -0.4 is 9.47 Å². The molecule has 0 heterocycles. The predicted octanol–water partition coefficient (Wildman–Crippen LogP) is 3.04. The molecular formula is C18H22O4. The summed E-state index contributed by atoms with van der Waals surface area (Å²) < 4.78 is 16.7. The highest BCUT2D eigenvalue weighted by Crippen LogP contribution is 2.16. The van der Waals surface area contributed by atoms with Gasteiger partial charge in [-0.1, -0.05) is 30.3 Å². The molecule has 4 nitrogen and oxygen atoms in total. The van der Waals surface area contributed by atoms with Crippen LogP contribution in [0.3, 0.4) is 0 Å². The largest absolute Gasteiger partial charge is 0.497 e. The molecule has 0 bridgehead atoms. The Kier molecular flexibility index (Phi) is 6.25. The minimum absolute atomic E-state index is 0.0931. The normalized spacial score (nSPS) is 13.4. The Balaban J connectivity index is 1.87. The van der Waals surface area contributed by atoms with Crippen molar-refractivity contribution in [3.8, 4) is 11.5 Å². The molecule has 0 amide bonds. The molecule has 0 fully saturated rings. The highest BCUT2D eigenvalue weighted by molar-refractivity contribution is 5.26. The first-order valence-electron chi connectivity index (χ1n) is 7.30. The Morgan fingerprint density at radius 3 is 2.23 bits per heavy atom. The molecule has 0 aromatic heterocycles. The van der Waals surface area contributed by atoms with Crippen molar-refractivity contribution in [1.82, 2.24) is 0 Å². The van der Waals surface area contributed by atoms with E-state index in [0.717, 1.165) is 17.1 Å². The van der Waals surface area contributed by atoms with Crippen LogP contribution in [0.2, 0.25) is 0 Å². The van der Waals surface area contributed by atoms with E-state index in [1.807, 2.05) is 61.5 Å². The fraction of sp³-hybridized carbons (Fsp3) is 0.333. The molecule has 0 unspecified atom stereocenters. The molecular weight excluding hydrogens is 280 g/mol. The summed E-state index contributed by atoms with van der Waals surface area (Å²) >= 11 is 0. The van der Waals surface area contributed by atoms with Crippen LogP contribution >= 0.6 is 0 Å². The van der Waals surface area contributed by atoms with Crippen molar-refractivity contribution in [1.29, 1.82) is 0 Å². The lowest BCUT2D eigenvalue weighted by Gasteiger charge is -2.23. The smallest absolute Gasteiger partial charge is 0.124 e. The zero-order valence-corrected chi connectivity index (χ0v) is 12.9. The summed E-state index contributed by atoms with van der Waals surface area (Å²) in [7, 11) is 1.63. The third-order valence-corrected chi connectivity index (χ3v) is 3.39. The second kappa shape index (κ2) is 8.41. The van der Waals surface area contributed by atoms with Gasteiger partial charge in [-0.2, -0.15) is 0 Å². The van der Waals surface area contributed by atoms with Crippen molar-refractivity contribution in [3.05, 3.63) is 60.2 Å². The van der Waals surface area contributed by atoms with Crippen LogP contribution in [0.15, 0.2) is 54.6 Å². The molecule has 0 aliphatic carbocycles. The van der Waals surface area contributed by atoms with Crippen LogP contribution in [0.1, 0.15) is 12.5 Å². The molecule has 22 heavy (non-hydrogen) atoms. The molecule has 0 aliphatic heterocycles. The second-order valence-corrected chi connectivity index (χ2v) is 5.02. The van der Waals surface area contributed by atoms with E-state index in [2.05, 4.69) is 0 Å². The van der Waals surface area contributed by atoms with Crippen LogP contribution in [0.4, 0.5) is 0 Å². The minimum atomic E-state index is -0.387.